The number of fused-ring (bicyclic) bond motifs is 1. The van der Waals surface area contributed by atoms with Crippen LogP contribution in [0.3, 0.4) is 0 Å². The second kappa shape index (κ2) is 5.50. The van der Waals surface area contributed by atoms with Gasteiger partial charge in [-0.25, -0.2) is 9.97 Å². The Balaban J connectivity index is 1.89. The number of aliphatic hydroxyl groups is 1. The summed E-state index contributed by atoms with van der Waals surface area (Å²) >= 11 is 0. The average molecular weight is 291 g/mol. The van der Waals surface area contributed by atoms with Crippen LogP contribution < -0.4 is 10.2 Å². The Morgan fingerprint density at radius 3 is 2.95 bits per heavy atom. The molecule has 2 aromatic rings. The van der Waals surface area contributed by atoms with Gasteiger partial charge in [0.15, 0.2) is 11.5 Å². The zero-order chi connectivity index (χ0) is 14.9. The van der Waals surface area contributed by atoms with Crippen molar-refractivity contribution in [1.29, 1.82) is 0 Å². The summed E-state index contributed by atoms with van der Waals surface area (Å²) < 4.78 is 7.26. The molecule has 21 heavy (non-hydrogen) atoms. The highest BCUT2D eigenvalue weighted by molar-refractivity contribution is 5.66. The number of aromatic nitrogens is 3. The van der Waals surface area contributed by atoms with Crippen LogP contribution in [0.1, 0.15) is 12.8 Å². The summed E-state index contributed by atoms with van der Waals surface area (Å²) in [6, 6.07) is 0. The van der Waals surface area contributed by atoms with Gasteiger partial charge in [-0.2, -0.15) is 0 Å². The Hall–Kier alpha value is -1.86. The minimum atomic E-state index is -0.728. The third kappa shape index (κ3) is 2.79. The molecule has 0 atom stereocenters. The summed E-state index contributed by atoms with van der Waals surface area (Å²) in [5.74, 6) is 1.52. The predicted molar refractivity (Wildman–Crippen MR) is 80.8 cm³/mol. The molecule has 2 N–H and O–H groups in total. The number of nitrogens with zero attached hydrogens (tertiary/aromatic N) is 4. The van der Waals surface area contributed by atoms with Gasteiger partial charge in [0.05, 0.1) is 11.8 Å². The van der Waals surface area contributed by atoms with Gasteiger partial charge in [-0.05, 0) is 0 Å². The number of hydrogen-bond donors (Lipinski definition) is 2. The van der Waals surface area contributed by atoms with Gasteiger partial charge in [-0.3, -0.25) is 0 Å². The van der Waals surface area contributed by atoms with E-state index in [1.165, 1.54) is 0 Å². The van der Waals surface area contributed by atoms with Crippen molar-refractivity contribution in [1.82, 2.24) is 14.4 Å². The third-order valence-electron chi connectivity index (χ3n) is 3.93. The lowest BCUT2D eigenvalue weighted by Crippen LogP contribution is -2.46. The lowest BCUT2D eigenvalue weighted by molar-refractivity contribution is -0.0573. The van der Waals surface area contributed by atoms with E-state index in [9.17, 15) is 5.11 Å². The van der Waals surface area contributed by atoms with Crippen molar-refractivity contribution in [2.45, 2.75) is 18.4 Å². The van der Waals surface area contributed by atoms with E-state index in [1.54, 1.807) is 6.20 Å². The Bertz CT molecular complexity index is 621. The van der Waals surface area contributed by atoms with Crippen molar-refractivity contribution in [2.24, 2.45) is 0 Å². The first-order chi connectivity index (χ1) is 10.1. The zero-order valence-corrected chi connectivity index (χ0v) is 12.4. The molecule has 0 radical (unpaired) electrons. The highest BCUT2D eigenvalue weighted by Gasteiger charge is 2.32. The topological polar surface area (TPSA) is 74.9 Å². The van der Waals surface area contributed by atoms with Crippen LogP contribution in [0.5, 0.6) is 0 Å². The van der Waals surface area contributed by atoms with Crippen LogP contribution in [0.15, 0.2) is 18.6 Å². The summed E-state index contributed by atoms with van der Waals surface area (Å²) in [4.78, 5) is 10.9. The van der Waals surface area contributed by atoms with Crippen LogP contribution in [-0.2, 0) is 4.74 Å². The molecule has 0 aliphatic carbocycles. The van der Waals surface area contributed by atoms with Crippen LogP contribution >= 0.6 is 0 Å². The molecule has 7 heteroatoms. The van der Waals surface area contributed by atoms with Crippen molar-refractivity contribution < 1.29 is 9.84 Å². The fourth-order valence-electron chi connectivity index (χ4n) is 2.72. The minimum Gasteiger partial charge on any atom is -0.388 e. The van der Waals surface area contributed by atoms with E-state index >= 15 is 0 Å². The Morgan fingerprint density at radius 2 is 2.24 bits per heavy atom. The second-order valence-electron chi connectivity index (χ2n) is 5.55. The standard InChI is InChI=1S/C14H21N5O2/c1-15-11-9-19-6-5-16-12(19)13(17-11)18(2)10-14(20)3-7-21-8-4-14/h5-6,9,15,20H,3-4,7-8,10H2,1-2H3. The van der Waals surface area contributed by atoms with Crippen LogP contribution in [0.25, 0.3) is 5.65 Å². The van der Waals surface area contributed by atoms with Gasteiger partial charge in [0.2, 0.25) is 0 Å². The number of rotatable bonds is 4. The van der Waals surface area contributed by atoms with Crippen molar-refractivity contribution >= 4 is 17.3 Å². The van der Waals surface area contributed by atoms with E-state index in [4.69, 9.17) is 4.74 Å². The molecule has 1 aliphatic rings. The normalized spacial score (nSPS) is 17.9. The van der Waals surface area contributed by atoms with Crippen molar-refractivity contribution in [3.63, 3.8) is 0 Å². The highest BCUT2D eigenvalue weighted by atomic mass is 16.5. The first-order valence-electron chi connectivity index (χ1n) is 7.14. The molecule has 3 rings (SSSR count). The molecule has 114 valence electrons. The Morgan fingerprint density at radius 1 is 1.48 bits per heavy atom. The second-order valence-corrected chi connectivity index (χ2v) is 5.55. The van der Waals surface area contributed by atoms with Gasteiger partial charge in [0.1, 0.15) is 5.82 Å². The van der Waals surface area contributed by atoms with Crippen LogP contribution in [0.4, 0.5) is 11.6 Å². The SMILES string of the molecule is CNc1cn2ccnc2c(N(C)CC2(O)CCOCC2)n1. The maximum atomic E-state index is 10.7. The van der Waals surface area contributed by atoms with E-state index in [2.05, 4.69) is 15.3 Å². The Kier molecular flexibility index (Phi) is 3.69. The molecule has 3 heterocycles. The zero-order valence-electron chi connectivity index (χ0n) is 12.4. The molecule has 0 amide bonds. The third-order valence-corrected chi connectivity index (χ3v) is 3.93. The van der Waals surface area contributed by atoms with Gasteiger partial charge >= 0.3 is 0 Å². The summed E-state index contributed by atoms with van der Waals surface area (Å²) in [6.45, 7) is 1.72. The van der Waals surface area contributed by atoms with Crippen LogP contribution in [-0.4, -0.2) is 58.9 Å². The van der Waals surface area contributed by atoms with Gasteiger partial charge in [0, 0.05) is 59.1 Å². The van der Waals surface area contributed by atoms with E-state index in [0.29, 0.717) is 32.6 Å². The van der Waals surface area contributed by atoms with E-state index in [-0.39, 0.29) is 0 Å². The number of anilines is 2. The van der Waals surface area contributed by atoms with Gasteiger partial charge in [-0.15, -0.1) is 0 Å². The van der Waals surface area contributed by atoms with Crippen LogP contribution in [0, 0.1) is 0 Å². The first kappa shape index (κ1) is 14.1. The van der Waals surface area contributed by atoms with E-state index in [1.807, 2.05) is 35.8 Å². The van der Waals surface area contributed by atoms with E-state index < -0.39 is 5.60 Å². The monoisotopic (exact) mass is 291 g/mol. The molecule has 0 saturated carbocycles. The van der Waals surface area contributed by atoms with Crippen LogP contribution in [0.2, 0.25) is 0 Å². The molecule has 2 aromatic heterocycles. The molecule has 0 aromatic carbocycles. The maximum absolute atomic E-state index is 10.7. The summed E-state index contributed by atoms with van der Waals surface area (Å²) in [5, 5.41) is 13.7. The molecule has 7 nitrogen and oxygen atoms in total. The molecular weight excluding hydrogens is 270 g/mol. The molecule has 0 bridgehead atoms. The largest absolute Gasteiger partial charge is 0.388 e. The fourth-order valence-corrected chi connectivity index (χ4v) is 2.72. The summed E-state index contributed by atoms with van der Waals surface area (Å²) in [6.07, 6.45) is 6.82. The minimum absolute atomic E-state index is 0.513. The van der Waals surface area contributed by atoms with Crippen molar-refractivity contribution in [3.05, 3.63) is 18.6 Å². The summed E-state index contributed by atoms with van der Waals surface area (Å²) in [5.41, 5.74) is 0.0561. The lowest BCUT2D eigenvalue weighted by Gasteiger charge is -2.35. The predicted octanol–water partition coefficient (Wildman–Crippen LogP) is 0.749. The average Bonchev–Trinajstić information content (AvgIpc) is 2.94. The van der Waals surface area contributed by atoms with E-state index in [0.717, 1.165) is 17.3 Å². The van der Waals surface area contributed by atoms with Gasteiger partial charge in [-0.1, -0.05) is 0 Å². The first-order valence-corrected chi connectivity index (χ1v) is 7.14. The molecule has 0 unspecified atom stereocenters. The highest BCUT2D eigenvalue weighted by Crippen LogP contribution is 2.25. The fraction of sp³-hybridized carbons (Fsp3) is 0.571. The number of hydrogen-bond acceptors (Lipinski definition) is 6. The summed E-state index contributed by atoms with van der Waals surface area (Å²) in [7, 11) is 3.77. The smallest absolute Gasteiger partial charge is 0.180 e. The quantitative estimate of drug-likeness (QED) is 0.866. The number of nitrogens with one attached hydrogen (secondary N) is 1. The van der Waals surface area contributed by atoms with Gasteiger partial charge in [0.25, 0.3) is 0 Å². The van der Waals surface area contributed by atoms with Crippen molar-refractivity contribution in [2.75, 3.05) is 44.1 Å². The number of ether oxygens (including phenoxy) is 1. The molecule has 1 saturated heterocycles. The molecule has 1 aliphatic heterocycles. The molecule has 1 fully saturated rings. The lowest BCUT2D eigenvalue weighted by atomic mass is 9.94. The van der Waals surface area contributed by atoms with Crippen molar-refractivity contribution in [3.8, 4) is 0 Å². The number of likely N-dealkylation sites (N-methyl/N-ethyl adjacent to an activating group) is 1. The van der Waals surface area contributed by atoms with Gasteiger partial charge < -0.3 is 24.5 Å². The maximum Gasteiger partial charge on any atom is 0.180 e. The Labute approximate surface area is 123 Å². The number of imidazole rings is 1. The molecule has 0 spiro atoms. The molecular formula is C14H21N5O2.